The summed E-state index contributed by atoms with van der Waals surface area (Å²) in [6, 6.07) is 3.89. The van der Waals surface area contributed by atoms with Crippen LogP contribution < -0.4 is 10.1 Å². The van der Waals surface area contributed by atoms with Crippen molar-refractivity contribution in [3.63, 3.8) is 0 Å². The van der Waals surface area contributed by atoms with Gasteiger partial charge in [-0.2, -0.15) is 0 Å². The first-order valence-electron chi connectivity index (χ1n) is 5.63. The summed E-state index contributed by atoms with van der Waals surface area (Å²) in [5, 5.41) is 3.37. The molecule has 0 bridgehead atoms. The van der Waals surface area contributed by atoms with Gasteiger partial charge in [-0.1, -0.05) is 6.92 Å². The molecule has 4 heteroatoms. The van der Waals surface area contributed by atoms with Crippen molar-refractivity contribution < 1.29 is 9.47 Å². The molecule has 1 aliphatic heterocycles. The zero-order chi connectivity index (χ0) is 11.4. The van der Waals surface area contributed by atoms with E-state index in [1.165, 1.54) is 0 Å². The highest BCUT2D eigenvalue weighted by atomic mass is 16.5. The lowest BCUT2D eigenvalue weighted by Crippen LogP contribution is -2.45. The van der Waals surface area contributed by atoms with Crippen LogP contribution in [0.4, 0.5) is 5.69 Å². The molecule has 0 unspecified atom stereocenters. The van der Waals surface area contributed by atoms with Crippen molar-refractivity contribution in [1.29, 1.82) is 0 Å². The highest BCUT2D eigenvalue weighted by molar-refractivity contribution is 5.52. The van der Waals surface area contributed by atoms with E-state index in [0.29, 0.717) is 12.5 Å². The van der Waals surface area contributed by atoms with Crippen molar-refractivity contribution in [2.24, 2.45) is 5.41 Å². The molecule has 1 aromatic rings. The summed E-state index contributed by atoms with van der Waals surface area (Å²) in [5.41, 5.74) is 1.21. The van der Waals surface area contributed by atoms with Crippen LogP contribution in [-0.2, 0) is 4.74 Å². The van der Waals surface area contributed by atoms with E-state index in [4.69, 9.17) is 9.47 Å². The SMILES string of the molecule is CCOc1ncccc1NCC1(C)COC1. The van der Waals surface area contributed by atoms with E-state index in [9.17, 15) is 0 Å². The fourth-order valence-electron chi connectivity index (χ4n) is 1.64. The lowest BCUT2D eigenvalue weighted by atomic mass is 9.89. The fourth-order valence-corrected chi connectivity index (χ4v) is 1.64. The van der Waals surface area contributed by atoms with Crippen molar-refractivity contribution in [2.75, 3.05) is 31.7 Å². The van der Waals surface area contributed by atoms with E-state index in [1.54, 1.807) is 6.20 Å². The topological polar surface area (TPSA) is 43.4 Å². The predicted molar refractivity (Wildman–Crippen MR) is 62.8 cm³/mol. The second-order valence-corrected chi connectivity index (χ2v) is 4.45. The summed E-state index contributed by atoms with van der Waals surface area (Å²) in [6.45, 7) is 7.33. The number of pyridine rings is 1. The molecular formula is C12H18N2O2. The molecule has 1 saturated heterocycles. The van der Waals surface area contributed by atoms with E-state index in [2.05, 4.69) is 17.2 Å². The number of anilines is 1. The molecule has 4 nitrogen and oxygen atoms in total. The fraction of sp³-hybridized carbons (Fsp3) is 0.583. The summed E-state index contributed by atoms with van der Waals surface area (Å²) < 4.78 is 10.7. The molecule has 0 radical (unpaired) electrons. The Labute approximate surface area is 96.0 Å². The van der Waals surface area contributed by atoms with Crippen LogP contribution in [0.15, 0.2) is 18.3 Å². The number of aromatic nitrogens is 1. The Bertz CT molecular complexity index is 351. The van der Waals surface area contributed by atoms with Gasteiger partial charge < -0.3 is 14.8 Å². The van der Waals surface area contributed by atoms with Gasteiger partial charge in [-0.3, -0.25) is 0 Å². The summed E-state index contributed by atoms with van der Waals surface area (Å²) in [7, 11) is 0. The molecular weight excluding hydrogens is 204 g/mol. The first-order valence-corrected chi connectivity index (χ1v) is 5.63. The smallest absolute Gasteiger partial charge is 0.237 e. The van der Waals surface area contributed by atoms with Crippen molar-refractivity contribution in [3.05, 3.63) is 18.3 Å². The molecule has 1 N–H and O–H groups in total. The molecule has 88 valence electrons. The van der Waals surface area contributed by atoms with Gasteiger partial charge in [-0.25, -0.2) is 4.98 Å². The number of nitrogens with zero attached hydrogens (tertiary/aromatic N) is 1. The minimum absolute atomic E-state index is 0.249. The molecule has 0 saturated carbocycles. The largest absolute Gasteiger partial charge is 0.476 e. The van der Waals surface area contributed by atoms with Gasteiger partial charge in [0, 0.05) is 18.2 Å². The predicted octanol–water partition coefficient (Wildman–Crippen LogP) is 1.93. The molecule has 0 spiro atoms. The van der Waals surface area contributed by atoms with Crippen LogP contribution in [0.2, 0.25) is 0 Å². The highest BCUT2D eigenvalue weighted by Crippen LogP contribution is 2.28. The zero-order valence-electron chi connectivity index (χ0n) is 9.82. The van der Waals surface area contributed by atoms with Gasteiger partial charge in [0.25, 0.3) is 0 Å². The van der Waals surface area contributed by atoms with Crippen molar-refractivity contribution in [3.8, 4) is 5.88 Å². The maximum absolute atomic E-state index is 5.45. The number of rotatable bonds is 5. The first kappa shape index (κ1) is 11.2. The first-order chi connectivity index (χ1) is 7.73. The number of nitrogens with one attached hydrogen (secondary N) is 1. The van der Waals surface area contributed by atoms with E-state index in [0.717, 1.165) is 25.4 Å². The lowest BCUT2D eigenvalue weighted by Gasteiger charge is -2.38. The van der Waals surface area contributed by atoms with Gasteiger partial charge in [0.2, 0.25) is 5.88 Å². The standard InChI is InChI=1S/C12H18N2O2/c1-3-16-11-10(5-4-6-13-11)14-7-12(2)8-15-9-12/h4-6,14H,3,7-9H2,1-2H3. The average molecular weight is 222 g/mol. The number of ether oxygens (including phenoxy) is 2. The Kier molecular flexibility index (Phi) is 3.29. The van der Waals surface area contributed by atoms with E-state index in [-0.39, 0.29) is 5.41 Å². The minimum Gasteiger partial charge on any atom is -0.476 e. The van der Waals surface area contributed by atoms with Crippen molar-refractivity contribution in [2.45, 2.75) is 13.8 Å². The molecule has 0 aliphatic carbocycles. The summed E-state index contributed by atoms with van der Waals surface area (Å²) >= 11 is 0. The molecule has 1 aliphatic rings. The van der Waals surface area contributed by atoms with E-state index >= 15 is 0 Å². The molecule has 1 aromatic heterocycles. The third-order valence-electron chi connectivity index (χ3n) is 2.66. The highest BCUT2D eigenvalue weighted by Gasteiger charge is 2.33. The molecule has 16 heavy (non-hydrogen) atoms. The van der Waals surface area contributed by atoms with E-state index < -0.39 is 0 Å². The Morgan fingerprint density at radius 2 is 2.38 bits per heavy atom. The normalized spacial score (nSPS) is 17.6. The average Bonchev–Trinajstić information content (AvgIpc) is 2.26. The van der Waals surface area contributed by atoms with Crippen LogP contribution in [0.1, 0.15) is 13.8 Å². The number of hydrogen-bond acceptors (Lipinski definition) is 4. The third-order valence-corrected chi connectivity index (χ3v) is 2.66. The van der Waals surface area contributed by atoms with Gasteiger partial charge in [0.1, 0.15) is 0 Å². The Morgan fingerprint density at radius 3 is 3.00 bits per heavy atom. The second-order valence-electron chi connectivity index (χ2n) is 4.45. The molecule has 2 rings (SSSR count). The monoisotopic (exact) mass is 222 g/mol. The van der Waals surface area contributed by atoms with Crippen molar-refractivity contribution in [1.82, 2.24) is 4.98 Å². The lowest BCUT2D eigenvalue weighted by molar-refractivity contribution is -0.0924. The van der Waals surface area contributed by atoms with Crippen LogP contribution in [0.5, 0.6) is 5.88 Å². The van der Waals surface area contributed by atoms with Crippen molar-refractivity contribution >= 4 is 5.69 Å². The third kappa shape index (κ3) is 2.44. The van der Waals surface area contributed by atoms with Crippen LogP contribution in [0.3, 0.4) is 0 Å². The molecule has 0 atom stereocenters. The van der Waals surface area contributed by atoms with Crippen LogP contribution in [0, 0.1) is 5.41 Å². The van der Waals surface area contributed by atoms with Crippen LogP contribution >= 0.6 is 0 Å². The van der Waals surface area contributed by atoms with E-state index in [1.807, 2.05) is 19.1 Å². The Morgan fingerprint density at radius 1 is 1.56 bits per heavy atom. The van der Waals surface area contributed by atoms with Gasteiger partial charge in [0.15, 0.2) is 0 Å². The second kappa shape index (κ2) is 4.70. The van der Waals surface area contributed by atoms with Gasteiger partial charge in [-0.15, -0.1) is 0 Å². The van der Waals surface area contributed by atoms with Gasteiger partial charge in [0.05, 0.1) is 25.5 Å². The van der Waals surface area contributed by atoms with Crippen LogP contribution in [-0.4, -0.2) is 31.3 Å². The summed E-state index contributed by atoms with van der Waals surface area (Å²) in [5.74, 6) is 0.675. The summed E-state index contributed by atoms with van der Waals surface area (Å²) in [6.07, 6.45) is 1.74. The summed E-state index contributed by atoms with van der Waals surface area (Å²) in [4.78, 5) is 4.20. The molecule has 2 heterocycles. The zero-order valence-corrected chi connectivity index (χ0v) is 9.82. The van der Waals surface area contributed by atoms with Crippen LogP contribution in [0.25, 0.3) is 0 Å². The minimum atomic E-state index is 0.249. The molecule has 0 amide bonds. The number of hydrogen-bond donors (Lipinski definition) is 1. The van der Waals surface area contributed by atoms with Gasteiger partial charge >= 0.3 is 0 Å². The quantitative estimate of drug-likeness (QED) is 0.826. The maximum Gasteiger partial charge on any atom is 0.237 e. The van der Waals surface area contributed by atoms with Gasteiger partial charge in [-0.05, 0) is 19.1 Å². The maximum atomic E-state index is 5.45. The Hall–Kier alpha value is -1.29. The molecule has 0 aromatic carbocycles. The molecule has 1 fully saturated rings. The Balaban J connectivity index is 1.97.